The molecule has 0 bridgehead atoms. The molecule has 0 aliphatic rings. The van der Waals surface area contributed by atoms with E-state index >= 15 is 0 Å². The van der Waals surface area contributed by atoms with Gasteiger partial charge in [-0.15, -0.1) is 0 Å². The molecule has 0 unspecified atom stereocenters. The van der Waals surface area contributed by atoms with Crippen LogP contribution in [0.15, 0.2) is 84.9 Å². The molecule has 5 heteroatoms. The Morgan fingerprint density at radius 1 is 0.889 bits per heavy atom. The average molecular weight is 481 g/mol. The van der Waals surface area contributed by atoms with Crippen LogP contribution in [0.25, 0.3) is 21.9 Å². The molecule has 0 radical (unpaired) electrons. The molecule has 0 fully saturated rings. The molecule has 5 nitrogen and oxygen atoms in total. The highest BCUT2D eigenvalue weighted by Gasteiger charge is 2.20. The van der Waals surface area contributed by atoms with E-state index < -0.39 is 6.10 Å². The number of nitrogens with zero attached hydrogens (tertiary/aromatic N) is 1. The molecule has 0 amide bonds. The van der Waals surface area contributed by atoms with Gasteiger partial charge in [0.1, 0.15) is 24.5 Å². The zero-order chi connectivity index (χ0) is 25.5. The first-order valence-corrected chi connectivity index (χ1v) is 12.1. The van der Waals surface area contributed by atoms with Crippen molar-refractivity contribution in [1.82, 2.24) is 5.32 Å². The molecule has 0 heterocycles. The summed E-state index contributed by atoms with van der Waals surface area (Å²) in [6, 6.07) is 30.0. The van der Waals surface area contributed by atoms with Gasteiger partial charge in [0.2, 0.25) is 0 Å². The minimum absolute atomic E-state index is 0.0366. The average Bonchev–Trinajstić information content (AvgIpc) is 2.90. The van der Waals surface area contributed by atoms with E-state index in [0.717, 1.165) is 23.1 Å². The second-order valence-electron chi connectivity index (χ2n) is 9.77. The van der Waals surface area contributed by atoms with Crippen LogP contribution in [0.4, 0.5) is 0 Å². The van der Waals surface area contributed by atoms with Crippen LogP contribution in [0.5, 0.6) is 5.75 Å². The van der Waals surface area contributed by atoms with Gasteiger partial charge in [0.05, 0.1) is 12.2 Å². The lowest BCUT2D eigenvalue weighted by atomic mass is 9.93. The number of aliphatic hydroxyl groups excluding tert-OH is 2. The van der Waals surface area contributed by atoms with Crippen molar-refractivity contribution in [2.45, 2.75) is 38.5 Å². The first kappa shape index (κ1) is 25.4. The standard InChI is InChI=1S/C31H32N2O3/c1-31(2,17-22-10-11-24-7-3-4-8-25(24)14-22)33-19-29(35)21-36-30-13-12-27(16-28(30)18-32)26-9-5-6-23(15-26)20-34/h3-16,29,33-35H,17,19-21H2,1-2H3/t29-/m1/s1. The topological polar surface area (TPSA) is 85.5 Å². The Hall–Kier alpha value is -3.69. The fourth-order valence-corrected chi connectivity index (χ4v) is 4.33. The van der Waals surface area contributed by atoms with E-state index in [1.807, 2.05) is 42.5 Å². The molecular formula is C31H32N2O3. The Morgan fingerprint density at radius 2 is 1.67 bits per heavy atom. The van der Waals surface area contributed by atoms with E-state index in [1.54, 1.807) is 12.1 Å². The summed E-state index contributed by atoms with van der Waals surface area (Å²) in [6.07, 6.45) is 0.0940. The second-order valence-corrected chi connectivity index (χ2v) is 9.77. The van der Waals surface area contributed by atoms with Crippen molar-refractivity contribution in [2.75, 3.05) is 13.2 Å². The molecule has 4 aromatic rings. The summed E-state index contributed by atoms with van der Waals surface area (Å²) in [6.45, 7) is 4.65. The molecule has 0 aliphatic carbocycles. The van der Waals surface area contributed by atoms with Gasteiger partial charge in [-0.3, -0.25) is 0 Å². The number of rotatable bonds is 10. The summed E-state index contributed by atoms with van der Waals surface area (Å²) in [4.78, 5) is 0. The third-order valence-corrected chi connectivity index (χ3v) is 6.25. The molecule has 3 N–H and O–H groups in total. The third-order valence-electron chi connectivity index (χ3n) is 6.25. The Balaban J connectivity index is 1.33. The highest BCUT2D eigenvalue weighted by Crippen LogP contribution is 2.27. The second kappa shape index (κ2) is 11.4. The number of ether oxygens (including phenoxy) is 1. The van der Waals surface area contributed by atoms with E-state index in [2.05, 4.69) is 55.6 Å². The van der Waals surface area contributed by atoms with Crippen molar-refractivity contribution in [2.24, 2.45) is 0 Å². The maximum absolute atomic E-state index is 10.5. The van der Waals surface area contributed by atoms with E-state index in [9.17, 15) is 15.5 Å². The number of nitrogens with one attached hydrogen (secondary N) is 1. The molecule has 0 spiro atoms. The van der Waals surface area contributed by atoms with Crippen LogP contribution in [0.3, 0.4) is 0 Å². The lowest BCUT2D eigenvalue weighted by Gasteiger charge is -2.28. The normalized spacial score (nSPS) is 12.3. The third kappa shape index (κ3) is 6.50. The van der Waals surface area contributed by atoms with Crippen molar-refractivity contribution < 1.29 is 14.9 Å². The molecule has 36 heavy (non-hydrogen) atoms. The Kier molecular flexibility index (Phi) is 8.02. The van der Waals surface area contributed by atoms with E-state index in [-0.39, 0.29) is 18.8 Å². The van der Waals surface area contributed by atoms with Crippen molar-refractivity contribution in [3.8, 4) is 22.9 Å². The highest BCUT2D eigenvalue weighted by atomic mass is 16.5. The van der Waals surface area contributed by atoms with Crippen molar-refractivity contribution in [3.63, 3.8) is 0 Å². The molecule has 1 atom stereocenters. The van der Waals surface area contributed by atoms with Crippen molar-refractivity contribution in [1.29, 1.82) is 5.26 Å². The maximum Gasteiger partial charge on any atom is 0.137 e. The first-order chi connectivity index (χ1) is 17.4. The Morgan fingerprint density at radius 3 is 2.44 bits per heavy atom. The predicted octanol–water partition coefficient (Wildman–Crippen LogP) is 5.22. The summed E-state index contributed by atoms with van der Waals surface area (Å²) in [7, 11) is 0. The van der Waals surface area contributed by atoms with Crippen LogP contribution >= 0.6 is 0 Å². The predicted molar refractivity (Wildman–Crippen MR) is 144 cm³/mol. The minimum atomic E-state index is -0.728. The number of hydrogen-bond acceptors (Lipinski definition) is 5. The molecule has 4 aromatic carbocycles. The lowest BCUT2D eigenvalue weighted by molar-refractivity contribution is 0.0987. The monoisotopic (exact) mass is 480 g/mol. The number of β-amino-alcohol motifs (C(OH)–C–C–N with tert-alkyl or cyclic N) is 1. The zero-order valence-electron chi connectivity index (χ0n) is 20.7. The summed E-state index contributed by atoms with van der Waals surface area (Å²) in [5.74, 6) is 0.439. The van der Waals surface area contributed by atoms with Gasteiger partial charge >= 0.3 is 0 Å². The SMILES string of the molecule is CC(C)(Cc1ccc2ccccc2c1)NC[C@@H](O)COc1ccc(-c2cccc(CO)c2)cc1C#N. The number of fused-ring (bicyclic) bond motifs is 1. The number of hydrogen-bond donors (Lipinski definition) is 3. The summed E-state index contributed by atoms with van der Waals surface area (Å²) < 4.78 is 5.80. The van der Waals surface area contributed by atoms with Crippen LogP contribution in [0.2, 0.25) is 0 Å². The summed E-state index contributed by atoms with van der Waals surface area (Å²) in [5, 5.41) is 35.4. The molecule has 4 rings (SSSR count). The van der Waals surface area contributed by atoms with Crippen LogP contribution < -0.4 is 10.1 Å². The van der Waals surface area contributed by atoms with Crippen molar-refractivity contribution >= 4 is 10.8 Å². The van der Waals surface area contributed by atoms with Gasteiger partial charge in [0.25, 0.3) is 0 Å². The zero-order valence-corrected chi connectivity index (χ0v) is 20.7. The molecule has 0 aromatic heterocycles. The number of aliphatic hydroxyl groups is 2. The van der Waals surface area contributed by atoms with Gasteiger partial charge < -0.3 is 20.3 Å². The van der Waals surface area contributed by atoms with Gasteiger partial charge in [-0.2, -0.15) is 5.26 Å². The van der Waals surface area contributed by atoms with Crippen LogP contribution in [0, 0.1) is 11.3 Å². The molecule has 184 valence electrons. The number of nitriles is 1. The van der Waals surface area contributed by atoms with Crippen LogP contribution in [-0.4, -0.2) is 35.0 Å². The minimum Gasteiger partial charge on any atom is -0.489 e. The molecule has 0 aliphatic heterocycles. The first-order valence-electron chi connectivity index (χ1n) is 12.1. The quantitative estimate of drug-likeness (QED) is 0.290. The van der Waals surface area contributed by atoms with Crippen LogP contribution in [0.1, 0.15) is 30.5 Å². The van der Waals surface area contributed by atoms with E-state index in [0.29, 0.717) is 17.9 Å². The lowest BCUT2D eigenvalue weighted by Crippen LogP contribution is -2.46. The molecular weight excluding hydrogens is 448 g/mol. The molecule has 0 saturated heterocycles. The largest absolute Gasteiger partial charge is 0.489 e. The molecule has 0 saturated carbocycles. The fraction of sp³-hybridized carbons (Fsp3) is 0.258. The van der Waals surface area contributed by atoms with E-state index in [1.165, 1.54) is 16.3 Å². The Labute approximate surface area is 212 Å². The smallest absolute Gasteiger partial charge is 0.137 e. The van der Waals surface area contributed by atoms with Crippen molar-refractivity contribution in [3.05, 3.63) is 102 Å². The summed E-state index contributed by atoms with van der Waals surface area (Å²) >= 11 is 0. The Bertz CT molecular complexity index is 1370. The number of benzene rings is 4. The fourth-order valence-electron chi connectivity index (χ4n) is 4.33. The van der Waals surface area contributed by atoms with Gasteiger partial charge in [-0.05, 0) is 71.5 Å². The highest BCUT2D eigenvalue weighted by molar-refractivity contribution is 5.83. The van der Waals surface area contributed by atoms with E-state index in [4.69, 9.17) is 4.74 Å². The van der Waals surface area contributed by atoms with Crippen LogP contribution in [-0.2, 0) is 13.0 Å². The van der Waals surface area contributed by atoms with Gasteiger partial charge in [0.15, 0.2) is 0 Å². The van der Waals surface area contributed by atoms with Gasteiger partial charge in [0, 0.05) is 12.1 Å². The van der Waals surface area contributed by atoms with Gasteiger partial charge in [-0.1, -0.05) is 66.7 Å². The van der Waals surface area contributed by atoms with Gasteiger partial charge in [-0.25, -0.2) is 0 Å². The maximum atomic E-state index is 10.5. The summed E-state index contributed by atoms with van der Waals surface area (Å²) in [5.41, 5.74) is 4.02.